The number of phenolic OH excluding ortho intramolecular Hbond substituents is 1. The van der Waals surface area contributed by atoms with Crippen LogP contribution in [0, 0.1) is 5.92 Å². The minimum absolute atomic E-state index is 0.0147. The molecule has 0 aromatic heterocycles. The van der Waals surface area contributed by atoms with Crippen LogP contribution in [0.15, 0.2) is 18.2 Å². The molecule has 98 valence electrons. The Bertz CT molecular complexity index is 450. The summed E-state index contributed by atoms with van der Waals surface area (Å²) in [6, 6.07) is 4.28. The zero-order valence-electron chi connectivity index (χ0n) is 9.90. The summed E-state index contributed by atoms with van der Waals surface area (Å²) in [5.74, 6) is 0.0400. The first-order valence-electron chi connectivity index (χ1n) is 6.01. The lowest BCUT2D eigenvalue weighted by molar-refractivity contribution is 0.0945. The second kappa shape index (κ2) is 5.59. The number of rotatable bonds is 3. The van der Waals surface area contributed by atoms with Crippen molar-refractivity contribution in [3.05, 3.63) is 28.8 Å². The molecule has 0 aliphatic heterocycles. The number of hydrogen-bond acceptors (Lipinski definition) is 3. The number of aliphatic hydroxyl groups is 1. The third kappa shape index (κ3) is 3.15. The maximum atomic E-state index is 11.9. The average Bonchev–Trinajstić information content (AvgIpc) is 2.75. The number of nitrogens with one attached hydrogen (secondary N) is 1. The molecule has 5 heteroatoms. The van der Waals surface area contributed by atoms with Crippen molar-refractivity contribution in [1.82, 2.24) is 5.32 Å². The van der Waals surface area contributed by atoms with Gasteiger partial charge >= 0.3 is 0 Å². The van der Waals surface area contributed by atoms with Crippen molar-refractivity contribution < 1.29 is 15.0 Å². The normalized spacial score (nSPS) is 23.0. The van der Waals surface area contributed by atoms with E-state index < -0.39 is 0 Å². The van der Waals surface area contributed by atoms with E-state index in [0.29, 0.717) is 17.5 Å². The van der Waals surface area contributed by atoms with Crippen LogP contribution in [0.5, 0.6) is 5.75 Å². The summed E-state index contributed by atoms with van der Waals surface area (Å²) < 4.78 is 0. The Hall–Kier alpha value is -1.26. The number of hydrogen-bond donors (Lipinski definition) is 3. The van der Waals surface area contributed by atoms with E-state index in [0.717, 1.165) is 19.3 Å². The number of phenols is 1. The minimum Gasteiger partial charge on any atom is -0.508 e. The molecule has 4 nitrogen and oxygen atoms in total. The summed E-state index contributed by atoms with van der Waals surface area (Å²) in [5, 5.41) is 21.8. The number of aliphatic hydroxyl groups excluding tert-OH is 1. The largest absolute Gasteiger partial charge is 0.508 e. The van der Waals surface area contributed by atoms with Crippen LogP contribution in [0.1, 0.15) is 29.6 Å². The highest BCUT2D eigenvalue weighted by molar-refractivity contribution is 6.33. The predicted molar refractivity (Wildman–Crippen MR) is 68.8 cm³/mol. The molecule has 18 heavy (non-hydrogen) atoms. The van der Waals surface area contributed by atoms with E-state index in [9.17, 15) is 15.0 Å². The van der Waals surface area contributed by atoms with Crippen LogP contribution in [0.2, 0.25) is 5.02 Å². The van der Waals surface area contributed by atoms with Crippen molar-refractivity contribution in [2.75, 3.05) is 6.54 Å². The molecular weight excluding hydrogens is 254 g/mol. The summed E-state index contributed by atoms with van der Waals surface area (Å²) in [6.07, 6.45) is 2.22. The van der Waals surface area contributed by atoms with Gasteiger partial charge < -0.3 is 15.5 Å². The number of carbonyl (C=O) groups excluding carboxylic acids is 1. The summed E-state index contributed by atoms with van der Waals surface area (Å²) in [4.78, 5) is 11.9. The molecule has 2 unspecified atom stereocenters. The van der Waals surface area contributed by atoms with E-state index in [1.54, 1.807) is 0 Å². The van der Waals surface area contributed by atoms with Gasteiger partial charge in [-0.1, -0.05) is 11.6 Å². The Labute approximate surface area is 111 Å². The van der Waals surface area contributed by atoms with Gasteiger partial charge in [0.2, 0.25) is 0 Å². The Balaban J connectivity index is 1.93. The Morgan fingerprint density at radius 2 is 2.22 bits per heavy atom. The van der Waals surface area contributed by atoms with Crippen molar-refractivity contribution in [2.24, 2.45) is 5.92 Å². The maximum Gasteiger partial charge on any atom is 0.252 e. The minimum atomic E-state index is -0.294. The highest BCUT2D eigenvalue weighted by Gasteiger charge is 2.23. The molecule has 0 bridgehead atoms. The first-order valence-corrected chi connectivity index (χ1v) is 6.39. The zero-order chi connectivity index (χ0) is 13.1. The molecule has 1 aliphatic rings. The molecule has 0 radical (unpaired) electrons. The Morgan fingerprint density at radius 1 is 1.44 bits per heavy atom. The van der Waals surface area contributed by atoms with Gasteiger partial charge in [-0.15, -0.1) is 0 Å². The lowest BCUT2D eigenvalue weighted by Gasteiger charge is -2.11. The molecule has 1 aromatic carbocycles. The molecule has 0 saturated heterocycles. The van der Waals surface area contributed by atoms with Crippen LogP contribution >= 0.6 is 11.6 Å². The van der Waals surface area contributed by atoms with Crippen LogP contribution in [-0.4, -0.2) is 28.8 Å². The number of aromatic hydroxyl groups is 1. The predicted octanol–water partition coefficient (Wildman–Crippen LogP) is 1.94. The van der Waals surface area contributed by atoms with E-state index in [4.69, 9.17) is 11.6 Å². The molecule has 1 amide bonds. The highest BCUT2D eigenvalue weighted by atomic mass is 35.5. The number of halogens is 1. The Kier molecular flexibility index (Phi) is 4.09. The SMILES string of the molecule is O=C(NCC1CCC(O)C1)c1cc(O)ccc1Cl. The summed E-state index contributed by atoms with van der Waals surface area (Å²) >= 11 is 5.90. The molecule has 1 fully saturated rings. The molecule has 2 rings (SSSR count). The monoisotopic (exact) mass is 269 g/mol. The summed E-state index contributed by atoms with van der Waals surface area (Å²) in [7, 11) is 0. The van der Waals surface area contributed by atoms with E-state index in [1.165, 1.54) is 18.2 Å². The first kappa shape index (κ1) is 13.2. The third-order valence-corrected chi connectivity index (χ3v) is 3.59. The summed E-state index contributed by atoms with van der Waals surface area (Å²) in [6.45, 7) is 0.530. The van der Waals surface area contributed by atoms with Gasteiger partial charge in [-0.05, 0) is 43.4 Å². The van der Waals surface area contributed by atoms with Crippen LogP contribution in [0.3, 0.4) is 0 Å². The Morgan fingerprint density at radius 3 is 2.89 bits per heavy atom. The molecule has 2 atom stereocenters. The standard InChI is InChI=1S/C13H16ClNO3/c14-12-4-3-10(17)6-11(12)13(18)15-7-8-1-2-9(16)5-8/h3-4,6,8-9,16-17H,1-2,5,7H2,(H,15,18). The van der Waals surface area contributed by atoms with Crippen molar-refractivity contribution in [2.45, 2.75) is 25.4 Å². The van der Waals surface area contributed by atoms with Crippen LogP contribution in [-0.2, 0) is 0 Å². The molecule has 0 spiro atoms. The van der Waals surface area contributed by atoms with Crippen molar-refractivity contribution in [1.29, 1.82) is 0 Å². The van der Waals surface area contributed by atoms with E-state index in [2.05, 4.69) is 5.32 Å². The van der Waals surface area contributed by atoms with Crippen LogP contribution < -0.4 is 5.32 Å². The van der Waals surface area contributed by atoms with Gasteiger partial charge in [0.05, 0.1) is 16.7 Å². The quantitative estimate of drug-likeness (QED) is 0.785. The van der Waals surface area contributed by atoms with Crippen molar-refractivity contribution in [3.63, 3.8) is 0 Å². The molecule has 3 N–H and O–H groups in total. The van der Waals surface area contributed by atoms with Gasteiger partial charge in [0.15, 0.2) is 0 Å². The fourth-order valence-corrected chi connectivity index (χ4v) is 2.46. The van der Waals surface area contributed by atoms with E-state index >= 15 is 0 Å². The van der Waals surface area contributed by atoms with Gasteiger partial charge in [0.1, 0.15) is 5.75 Å². The second-order valence-corrected chi connectivity index (χ2v) is 5.11. The third-order valence-electron chi connectivity index (χ3n) is 3.26. The maximum absolute atomic E-state index is 11.9. The molecule has 0 heterocycles. The van der Waals surface area contributed by atoms with E-state index in [1.807, 2.05) is 0 Å². The van der Waals surface area contributed by atoms with Gasteiger partial charge in [-0.25, -0.2) is 0 Å². The summed E-state index contributed by atoms with van der Waals surface area (Å²) in [5.41, 5.74) is 0.273. The zero-order valence-corrected chi connectivity index (χ0v) is 10.7. The fraction of sp³-hybridized carbons (Fsp3) is 0.462. The fourth-order valence-electron chi connectivity index (χ4n) is 2.25. The lowest BCUT2D eigenvalue weighted by Crippen LogP contribution is -2.28. The van der Waals surface area contributed by atoms with Crippen molar-refractivity contribution in [3.8, 4) is 5.75 Å². The van der Waals surface area contributed by atoms with Gasteiger partial charge in [0.25, 0.3) is 5.91 Å². The number of carbonyl (C=O) groups is 1. The molecule has 1 aliphatic carbocycles. The smallest absolute Gasteiger partial charge is 0.252 e. The topological polar surface area (TPSA) is 69.6 Å². The highest BCUT2D eigenvalue weighted by Crippen LogP contribution is 2.25. The van der Waals surface area contributed by atoms with E-state index in [-0.39, 0.29) is 23.3 Å². The number of benzene rings is 1. The molecule has 1 aromatic rings. The van der Waals surface area contributed by atoms with Gasteiger partial charge in [-0.2, -0.15) is 0 Å². The van der Waals surface area contributed by atoms with Gasteiger partial charge in [0, 0.05) is 6.54 Å². The second-order valence-electron chi connectivity index (χ2n) is 4.71. The average molecular weight is 270 g/mol. The molecular formula is C13H16ClNO3. The number of amides is 1. The van der Waals surface area contributed by atoms with Crippen LogP contribution in [0.4, 0.5) is 0 Å². The first-order chi connectivity index (χ1) is 8.56. The van der Waals surface area contributed by atoms with Crippen molar-refractivity contribution >= 4 is 17.5 Å². The molecule has 1 saturated carbocycles. The lowest BCUT2D eigenvalue weighted by atomic mass is 10.1. The van der Waals surface area contributed by atoms with Gasteiger partial charge in [-0.3, -0.25) is 4.79 Å². The van der Waals surface area contributed by atoms with Crippen LogP contribution in [0.25, 0.3) is 0 Å².